The van der Waals surface area contributed by atoms with Crippen LogP contribution < -0.4 is 10.1 Å². The second-order valence-corrected chi connectivity index (χ2v) is 7.03. The lowest BCUT2D eigenvalue weighted by molar-refractivity contribution is -0.112. The number of carboxylic acid groups (broad SMARTS) is 1. The Balaban J connectivity index is 2.27. The molecule has 0 aromatic heterocycles. The fourth-order valence-electron chi connectivity index (χ4n) is 2.16. The molecule has 2 rings (SSSR count). The van der Waals surface area contributed by atoms with E-state index in [1.165, 1.54) is 30.3 Å². The number of carbonyl (C=O) groups is 2. The molecule has 0 bridgehead atoms. The monoisotopic (exact) mass is 502 g/mol. The van der Waals surface area contributed by atoms with Crippen molar-refractivity contribution in [2.45, 2.75) is 0 Å². The Hall–Kier alpha value is -3.07. The zero-order valence-corrected chi connectivity index (χ0v) is 17.4. The van der Waals surface area contributed by atoms with Crippen molar-refractivity contribution in [1.29, 1.82) is 5.26 Å². The highest BCUT2D eigenvalue weighted by atomic mass is 79.9. The number of nitrogens with zero attached hydrogens (tertiary/aromatic N) is 1. The molecule has 0 radical (unpaired) electrons. The summed E-state index contributed by atoms with van der Waals surface area (Å²) in [4.78, 5) is 23.4. The van der Waals surface area contributed by atoms with Gasteiger partial charge in [0.1, 0.15) is 24.0 Å². The van der Waals surface area contributed by atoms with Gasteiger partial charge in [-0.3, -0.25) is 4.79 Å². The molecule has 28 heavy (non-hydrogen) atoms. The number of anilines is 1. The number of terminal acetylenes is 1. The van der Waals surface area contributed by atoms with Crippen LogP contribution in [0.4, 0.5) is 5.69 Å². The van der Waals surface area contributed by atoms with Crippen molar-refractivity contribution in [2.24, 2.45) is 0 Å². The zero-order chi connectivity index (χ0) is 20.7. The van der Waals surface area contributed by atoms with E-state index in [0.29, 0.717) is 20.3 Å². The summed E-state index contributed by atoms with van der Waals surface area (Å²) in [6, 6.07) is 10.9. The van der Waals surface area contributed by atoms with Gasteiger partial charge in [-0.15, -0.1) is 6.42 Å². The number of nitriles is 1. The van der Waals surface area contributed by atoms with Crippen LogP contribution in [-0.2, 0) is 4.79 Å². The molecule has 0 aliphatic heterocycles. The summed E-state index contributed by atoms with van der Waals surface area (Å²) < 4.78 is 6.60. The summed E-state index contributed by atoms with van der Waals surface area (Å²) in [5.74, 6) is 1.09. The number of amides is 1. The Morgan fingerprint density at radius 3 is 2.50 bits per heavy atom. The van der Waals surface area contributed by atoms with E-state index in [4.69, 9.17) is 16.3 Å². The molecule has 140 valence electrons. The van der Waals surface area contributed by atoms with Crippen LogP contribution in [0.2, 0.25) is 0 Å². The van der Waals surface area contributed by atoms with Crippen LogP contribution in [0.5, 0.6) is 5.75 Å². The highest BCUT2D eigenvalue weighted by molar-refractivity contribution is 9.11. The van der Waals surface area contributed by atoms with Gasteiger partial charge in [0, 0.05) is 5.69 Å². The molecule has 0 aliphatic rings. The summed E-state index contributed by atoms with van der Waals surface area (Å²) in [6.07, 6.45) is 6.58. The molecule has 8 heteroatoms. The van der Waals surface area contributed by atoms with Crippen molar-refractivity contribution < 1.29 is 19.4 Å². The number of rotatable bonds is 6. The van der Waals surface area contributed by atoms with Crippen molar-refractivity contribution in [3.8, 4) is 24.2 Å². The smallest absolute Gasteiger partial charge is 0.335 e. The third kappa shape index (κ3) is 5.46. The molecule has 0 heterocycles. The molecule has 0 saturated carbocycles. The molecule has 0 atom stereocenters. The molecule has 0 saturated heterocycles. The van der Waals surface area contributed by atoms with Crippen LogP contribution >= 0.6 is 31.9 Å². The van der Waals surface area contributed by atoms with Gasteiger partial charge in [0.25, 0.3) is 5.91 Å². The van der Waals surface area contributed by atoms with E-state index >= 15 is 0 Å². The van der Waals surface area contributed by atoms with E-state index in [9.17, 15) is 14.9 Å². The van der Waals surface area contributed by atoms with Crippen LogP contribution in [0.25, 0.3) is 6.08 Å². The Kier molecular flexibility index (Phi) is 7.39. The first kappa shape index (κ1) is 21.2. The summed E-state index contributed by atoms with van der Waals surface area (Å²) in [5, 5.41) is 20.9. The predicted octanol–water partition coefficient (Wildman–Crippen LogP) is 4.47. The Morgan fingerprint density at radius 2 is 1.93 bits per heavy atom. The number of ether oxygens (including phenoxy) is 1. The van der Waals surface area contributed by atoms with Crippen molar-refractivity contribution in [3.05, 3.63) is 62.0 Å². The molecule has 2 N–H and O–H groups in total. The Morgan fingerprint density at radius 1 is 1.25 bits per heavy atom. The average molecular weight is 504 g/mol. The molecule has 0 spiro atoms. The van der Waals surface area contributed by atoms with E-state index in [2.05, 4.69) is 43.1 Å². The lowest BCUT2D eigenvalue weighted by atomic mass is 10.1. The van der Waals surface area contributed by atoms with Gasteiger partial charge in [0.2, 0.25) is 0 Å². The lowest BCUT2D eigenvalue weighted by Crippen LogP contribution is -2.14. The molecular weight excluding hydrogens is 492 g/mol. The van der Waals surface area contributed by atoms with E-state index in [1.807, 2.05) is 6.07 Å². The average Bonchev–Trinajstić information content (AvgIpc) is 2.65. The number of halogens is 2. The molecule has 0 aliphatic carbocycles. The molecule has 6 nitrogen and oxygen atoms in total. The number of aromatic carboxylic acids is 1. The van der Waals surface area contributed by atoms with Gasteiger partial charge in [-0.25, -0.2) is 4.79 Å². The summed E-state index contributed by atoms with van der Waals surface area (Å²) >= 11 is 6.72. The van der Waals surface area contributed by atoms with Crippen LogP contribution in [0.1, 0.15) is 15.9 Å². The molecule has 0 unspecified atom stereocenters. The van der Waals surface area contributed by atoms with E-state index in [0.717, 1.165) is 0 Å². The van der Waals surface area contributed by atoms with Crippen molar-refractivity contribution in [1.82, 2.24) is 0 Å². The number of carbonyl (C=O) groups excluding carboxylic acids is 1. The normalized spacial score (nSPS) is 10.5. The molecule has 0 fully saturated rings. The van der Waals surface area contributed by atoms with Gasteiger partial charge in [-0.05, 0) is 73.8 Å². The summed E-state index contributed by atoms with van der Waals surface area (Å²) in [7, 11) is 0. The van der Waals surface area contributed by atoms with Crippen LogP contribution in [-0.4, -0.2) is 23.6 Å². The third-order valence-corrected chi connectivity index (χ3v) is 4.54. The quantitative estimate of drug-likeness (QED) is 0.344. The van der Waals surface area contributed by atoms with Gasteiger partial charge < -0.3 is 15.2 Å². The maximum absolute atomic E-state index is 12.4. The fourth-order valence-corrected chi connectivity index (χ4v) is 3.61. The molecule has 1 amide bonds. The summed E-state index contributed by atoms with van der Waals surface area (Å²) in [6.45, 7) is 0.0909. The molecule has 2 aromatic rings. The fraction of sp³-hybridized carbons (Fsp3) is 0.0500. The van der Waals surface area contributed by atoms with Crippen LogP contribution in [0, 0.1) is 23.7 Å². The first-order valence-corrected chi connectivity index (χ1v) is 9.26. The van der Waals surface area contributed by atoms with E-state index in [1.54, 1.807) is 12.1 Å². The first-order chi connectivity index (χ1) is 13.3. The number of nitrogens with one attached hydrogen (secondary N) is 1. The SMILES string of the molecule is C#CCOc1c(Br)cc(/C=C(/C#N)C(=O)Nc2cccc(C(=O)O)c2)cc1Br. The third-order valence-electron chi connectivity index (χ3n) is 3.36. The first-order valence-electron chi connectivity index (χ1n) is 7.67. The van der Waals surface area contributed by atoms with Crippen LogP contribution in [0.15, 0.2) is 50.9 Å². The van der Waals surface area contributed by atoms with Gasteiger partial charge in [-0.2, -0.15) is 5.26 Å². The highest BCUT2D eigenvalue weighted by Crippen LogP contribution is 2.35. The predicted molar refractivity (Wildman–Crippen MR) is 112 cm³/mol. The molecular formula is C20H12Br2N2O4. The van der Waals surface area contributed by atoms with Crippen LogP contribution in [0.3, 0.4) is 0 Å². The van der Waals surface area contributed by atoms with E-state index in [-0.39, 0.29) is 23.4 Å². The zero-order valence-electron chi connectivity index (χ0n) is 14.2. The largest absolute Gasteiger partial charge is 0.479 e. The molecule has 2 aromatic carbocycles. The maximum atomic E-state index is 12.4. The van der Waals surface area contributed by atoms with Gasteiger partial charge in [0.05, 0.1) is 14.5 Å². The van der Waals surface area contributed by atoms with Crippen molar-refractivity contribution in [2.75, 3.05) is 11.9 Å². The maximum Gasteiger partial charge on any atom is 0.335 e. The highest BCUT2D eigenvalue weighted by Gasteiger charge is 2.13. The second-order valence-electron chi connectivity index (χ2n) is 5.32. The van der Waals surface area contributed by atoms with Crippen molar-refractivity contribution in [3.63, 3.8) is 0 Å². The van der Waals surface area contributed by atoms with Gasteiger partial charge in [-0.1, -0.05) is 12.0 Å². The topological polar surface area (TPSA) is 99.4 Å². The number of hydrogen-bond donors (Lipinski definition) is 2. The number of benzene rings is 2. The minimum atomic E-state index is -1.12. The standard InChI is InChI=1S/C20H12Br2N2O4/c1-2-6-28-18-16(21)8-12(9-17(18)22)7-14(11-23)19(25)24-15-5-3-4-13(10-15)20(26)27/h1,3-5,7-10H,6H2,(H,24,25)(H,26,27)/b14-7-. The number of hydrogen-bond acceptors (Lipinski definition) is 4. The van der Waals surface area contributed by atoms with Gasteiger partial charge >= 0.3 is 5.97 Å². The van der Waals surface area contributed by atoms with Crippen molar-refractivity contribution >= 4 is 55.5 Å². The van der Waals surface area contributed by atoms with Gasteiger partial charge in [0.15, 0.2) is 0 Å². The van der Waals surface area contributed by atoms with E-state index < -0.39 is 11.9 Å². The Labute approximate surface area is 178 Å². The minimum absolute atomic E-state index is 0.0238. The second kappa shape index (κ2) is 9.75. The number of carboxylic acids is 1. The Bertz CT molecular complexity index is 1030. The lowest BCUT2D eigenvalue weighted by Gasteiger charge is -2.09. The summed E-state index contributed by atoms with van der Waals surface area (Å²) in [5.41, 5.74) is 0.705. The minimum Gasteiger partial charge on any atom is -0.479 e.